The summed E-state index contributed by atoms with van der Waals surface area (Å²) in [4.78, 5) is 13.0. The van der Waals surface area contributed by atoms with Gasteiger partial charge in [0, 0.05) is 6.07 Å². The second-order valence-corrected chi connectivity index (χ2v) is 7.82. The molecule has 154 valence electrons. The summed E-state index contributed by atoms with van der Waals surface area (Å²) >= 11 is 0. The normalized spacial score (nSPS) is 15.3. The van der Waals surface area contributed by atoms with Crippen molar-refractivity contribution >= 4 is 5.78 Å². The minimum Gasteiger partial charge on any atom is -0.497 e. The van der Waals surface area contributed by atoms with Crippen LogP contribution < -0.4 is 14.2 Å². The zero-order valence-corrected chi connectivity index (χ0v) is 17.8. The van der Waals surface area contributed by atoms with Crippen molar-refractivity contribution in [2.24, 2.45) is 0 Å². The molecule has 0 N–H and O–H groups in total. The van der Waals surface area contributed by atoms with E-state index < -0.39 is 0 Å². The molecule has 0 aromatic heterocycles. The molecule has 1 atom stereocenters. The summed E-state index contributed by atoms with van der Waals surface area (Å²) < 4.78 is 17.2. The maximum atomic E-state index is 13.0. The standard InChI is InChI=1S/C26H26O4/c1-16-11-17(2)23(18(3)12-16)14-29-21-9-10-22-25(13-21)30-15-24(26(22)27)19-5-7-20(28-4)8-6-19/h5-13,24H,14-15H2,1-4H3. The Hall–Kier alpha value is -3.27. The van der Waals surface area contributed by atoms with E-state index in [1.165, 1.54) is 22.3 Å². The van der Waals surface area contributed by atoms with Crippen molar-refractivity contribution in [1.29, 1.82) is 0 Å². The van der Waals surface area contributed by atoms with E-state index in [4.69, 9.17) is 14.2 Å². The summed E-state index contributed by atoms with van der Waals surface area (Å²) in [5.41, 5.74) is 6.41. The van der Waals surface area contributed by atoms with E-state index in [0.29, 0.717) is 30.3 Å². The number of ether oxygens (including phenoxy) is 3. The molecule has 1 aliphatic heterocycles. The second-order valence-electron chi connectivity index (χ2n) is 7.82. The van der Waals surface area contributed by atoms with Gasteiger partial charge in [-0.3, -0.25) is 4.79 Å². The Morgan fingerprint density at radius 2 is 1.60 bits per heavy atom. The summed E-state index contributed by atoms with van der Waals surface area (Å²) in [6.45, 7) is 7.11. The molecule has 30 heavy (non-hydrogen) atoms. The van der Waals surface area contributed by atoms with Gasteiger partial charge in [-0.05, 0) is 67.3 Å². The molecule has 0 saturated heterocycles. The predicted octanol–water partition coefficient (Wildman–Crippen LogP) is 5.56. The number of benzene rings is 3. The molecule has 1 aliphatic rings. The number of carbonyl (C=O) groups excluding carboxylic acids is 1. The van der Waals surface area contributed by atoms with Gasteiger partial charge in [0.2, 0.25) is 0 Å². The lowest BCUT2D eigenvalue weighted by molar-refractivity contribution is 0.0896. The maximum Gasteiger partial charge on any atom is 0.177 e. The summed E-state index contributed by atoms with van der Waals surface area (Å²) in [7, 11) is 1.63. The number of Topliss-reactive ketones (excluding diaryl/α,β-unsaturated/α-hetero) is 1. The lowest BCUT2D eigenvalue weighted by atomic mass is 9.89. The molecule has 0 bridgehead atoms. The molecule has 4 rings (SSSR count). The van der Waals surface area contributed by atoms with Crippen LogP contribution >= 0.6 is 0 Å². The van der Waals surface area contributed by atoms with Gasteiger partial charge in [0.25, 0.3) is 0 Å². The number of ketones is 1. The second kappa shape index (κ2) is 8.23. The molecule has 0 radical (unpaired) electrons. The molecular formula is C26H26O4. The summed E-state index contributed by atoms with van der Waals surface area (Å²) in [5.74, 6) is 1.80. The fourth-order valence-corrected chi connectivity index (χ4v) is 4.03. The van der Waals surface area contributed by atoms with Crippen LogP contribution in [0.5, 0.6) is 17.2 Å². The minimum absolute atomic E-state index is 0.0678. The predicted molar refractivity (Wildman–Crippen MR) is 117 cm³/mol. The number of carbonyl (C=O) groups is 1. The summed E-state index contributed by atoms with van der Waals surface area (Å²) in [6.07, 6.45) is 0. The fraction of sp³-hybridized carbons (Fsp3) is 0.269. The molecule has 0 fully saturated rings. The van der Waals surface area contributed by atoms with Crippen LogP contribution in [0.1, 0.15) is 44.1 Å². The fourth-order valence-electron chi connectivity index (χ4n) is 4.03. The molecule has 0 spiro atoms. The number of aryl methyl sites for hydroxylation is 3. The van der Waals surface area contributed by atoms with Crippen molar-refractivity contribution in [3.05, 3.63) is 88.0 Å². The van der Waals surface area contributed by atoms with E-state index in [1.54, 1.807) is 13.2 Å². The number of hydrogen-bond acceptors (Lipinski definition) is 4. The Balaban J connectivity index is 1.50. The van der Waals surface area contributed by atoms with Crippen LogP contribution in [0.2, 0.25) is 0 Å². The SMILES string of the molecule is COc1ccc(C2COc3cc(OCc4c(C)cc(C)cc4C)ccc3C2=O)cc1. The van der Waals surface area contributed by atoms with Gasteiger partial charge in [-0.2, -0.15) is 0 Å². The molecule has 1 unspecified atom stereocenters. The van der Waals surface area contributed by atoms with Crippen molar-refractivity contribution in [3.8, 4) is 17.2 Å². The third-order valence-corrected chi connectivity index (χ3v) is 5.68. The first-order chi connectivity index (χ1) is 14.5. The highest BCUT2D eigenvalue weighted by Gasteiger charge is 2.30. The Morgan fingerprint density at radius 1 is 0.933 bits per heavy atom. The van der Waals surface area contributed by atoms with Crippen molar-refractivity contribution in [2.45, 2.75) is 33.3 Å². The van der Waals surface area contributed by atoms with Crippen molar-refractivity contribution in [3.63, 3.8) is 0 Å². The summed E-state index contributed by atoms with van der Waals surface area (Å²) in [5, 5.41) is 0. The van der Waals surface area contributed by atoms with Gasteiger partial charge in [0.05, 0.1) is 18.6 Å². The average molecular weight is 402 g/mol. The summed E-state index contributed by atoms with van der Waals surface area (Å²) in [6, 6.07) is 17.4. The lowest BCUT2D eigenvalue weighted by Gasteiger charge is -2.25. The van der Waals surface area contributed by atoms with Gasteiger partial charge in [-0.15, -0.1) is 0 Å². The minimum atomic E-state index is -0.312. The van der Waals surface area contributed by atoms with Crippen molar-refractivity contribution < 1.29 is 19.0 Å². The number of methoxy groups -OCH3 is 1. The first-order valence-corrected chi connectivity index (χ1v) is 10.1. The van der Waals surface area contributed by atoms with Gasteiger partial charge < -0.3 is 14.2 Å². The van der Waals surface area contributed by atoms with E-state index >= 15 is 0 Å². The van der Waals surface area contributed by atoms with Crippen molar-refractivity contribution in [2.75, 3.05) is 13.7 Å². The molecule has 0 amide bonds. The van der Waals surface area contributed by atoms with E-state index in [-0.39, 0.29) is 11.7 Å². The number of fused-ring (bicyclic) bond motifs is 1. The Bertz CT molecular complexity index is 1060. The van der Waals surface area contributed by atoms with Crippen molar-refractivity contribution in [1.82, 2.24) is 0 Å². The third-order valence-electron chi connectivity index (χ3n) is 5.68. The highest BCUT2D eigenvalue weighted by atomic mass is 16.5. The highest BCUT2D eigenvalue weighted by molar-refractivity contribution is 6.04. The lowest BCUT2D eigenvalue weighted by Crippen LogP contribution is -2.26. The van der Waals surface area contributed by atoms with Crippen LogP contribution in [-0.4, -0.2) is 19.5 Å². The van der Waals surface area contributed by atoms with Crippen LogP contribution in [0.25, 0.3) is 0 Å². The first-order valence-electron chi connectivity index (χ1n) is 10.1. The maximum absolute atomic E-state index is 13.0. The molecule has 4 heteroatoms. The van der Waals surface area contributed by atoms with Gasteiger partial charge in [-0.1, -0.05) is 29.8 Å². The van der Waals surface area contributed by atoms with Crippen LogP contribution in [0.3, 0.4) is 0 Å². The van der Waals surface area contributed by atoms with Crippen LogP contribution in [0.15, 0.2) is 54.6 Å². The largest absolute Gasteiger partial charge is 0.497 e. The Morgan fingerprint density at radius 3 is 2.27 bits per heavy atom. The van der Waals surface area contributed by atoms with Crippen LogP contribution in [-0.2, 0) is 6.61 Å². The molecule has 4 nitrogen and oxygen atoms in total. The Labute approximate surface area is 177 Å². The third kappa shape index (κ3) is 3.90. The Kier molecular flexibility index (Phi) is 5.49. The van der Waals surface area contributed by atoms with Gasteiger partial charge in [0.15, 0.2) is 5.78 Å². The van der Waals surface area contributed by atoms with Crippen LogP contribution in [0.4, 0.5) is 0 Å². The zero-order valence-electron chi connectivity index (χ0n) is 17.8. The molecular weight excluding hydrogens is 376 g/mol. The first kappa shape index (κ1) is 20.0. The molecule has 3 aromatic rings. The zero-order chi connectivity index (χ0) is 21.3. The average Bonchev–Trinajstić information content (AvgIpc) is 2.73. The number of rotatable bonds is 5. The van der Waals surface area contributed by atoms with E-state index in [9.17, 15) is 4.79 Å². The highest BCUT2D eigenvalue weighted by Crippen LogP contribution is 2.35. The number of hydrogen-bond donors (Lipinski definition) is 0. The molecule has 3 aromatic carbocycles. The quantitative estimate of drug-likeness (QED) is 0.561. The molecule has 0 aliphatic carbocycles. The van der Waals surface area contributed by atoms with Gasteiger partial charge >= 0.3 is 0 Å². The van der Waals surface area contributed by atoms with E-state index in [2.05, 4.69) is 32.9 Å². The van der Waals surface area contributed by atoms with E-state index in [1.807, 2.05) is 36.4 Å². The molecule has 0 saturated carbocycles. The monoisotopic (exact) mass is 402 g/mol. The topological polar surface area (TPSA) is 44.8 Å². The smallest absolute Gasteiger partial charge is 0.177 e. The van der Waals surface area contributed by atoms with Crippen LogP contribution in [0, 0.1) is 20.8 Å². The van der Waals surface area contributed by atoms with E-state index in [0.717, 1.165) is 11.3 Å². The van der Waals surface area contributed by atoms with Gasteiger partial charge in [0.1, 0.15) is 30.5 Å². The van der Waals surface area contributed by atoms with Gasteiger partial charge in [-0.25, -0.2) is 0 Å². The molecule has 1 heterocycles.